The molecule has 6 rings (SSSR count). The van der Waals surface area contributed by atoms with Crippen LogP contribution in [0, 0.1) is 5.41 Å². The third-order valence-corrected chi connectivity index (χ3v) is 6.64. The lowest BCUT2D eigenvalue weighted by molar-refractivity contribution is -0.212. The van der Waals surface area contributed by atoms with Crippen molar-refractivity contribution in [3.63, 3.8) is 0 Å². The molecule has 3 aliphatic carbocycles. The standard InChI is InChI=1S/C16H24N4O2/c21-13(18-4-1-2-5-18)15-9-16(10-15,11-15)20-8-12-7-17-3-6-19(12)14(20)22/h12,17H,1-11H2/t12-,15?,16?/m0/s1. The molecule has 2 bridgehead atoms. The lowest BCUT2D eigenvalue weighted by Gasteiger charge is -2.72. The number of urea groups is 1. The molecule has 6 nitrogen and oxygen atoms in total. The molecule has 0 aromatic rings. The Morgan fingerprint density at radius 3 is 2.55 bits per heavy atom. The number of hydrogen-bond donors (Lipinski definition) is 1. The van der Waals surface area contributed by atoms with E-state index in [4.69, 9.17) is 0 Å². The van der Waals surface area contributed by atoms with Gasteiger partial charge in [-0.3, -0.25) is 4.79 Å². The highest BCUT2D eigenvalue weighted by molar-refractivity contribution is 5.89. The van der Waals surface area contributed by atoms with Gasteiger partial charge < -0.3 is 20.0 Å². The zero-order valence-corrected chi connectivity index (χ0v) is 13.0. The smallest absolute Gasteiger partial charge is 0.320 e. The maximum atomic E-state index is 12.7. The van der Waals surface area contributed by atoms with E-state index in [0.29, 0.717) is 11.9 Å². The topological polar surface area (TPSA) is 55.9 Å². The number of carbonyl (C=O) groups excluding carboxylic acids is 2. The summed E-state index contributed by atoms with van der Waals surface area (Å²) < 4.78 is 0. The van der Waals surface area contributed by atoms with Crippen molar-refractivity contribution in [3.8, 4) is 0 Å². The molecule has 6 heteroatoms. The fourth-order valence-corrected chi connectivity index (χ4v) is 5.52. The Balaban J connectivity index is 1.28. The molecule has 22 heavy (non-hydrogen) atoms. The molecule has 6 aliphatic rings. The Labute approximate surface area is 130 Å². The Hall–Kier alpha value is -1.30. The van der Waals surface area contributed by atoms with Gasteiger partial charge in [0.05, 0.1) is 11.5 Å². The molecule has 3 aliphatic heterocycles. The third kappa shape index (κ3) is 1.49. The fourth-order valence-electron chi connectivity index (χ4n) is 5.52. The van der Waals surface area contributed by atoms with E-state index in [0.717, 1.165) is 71.4 Å². The Kier molecular flexibility index (Phi) is 2.49. The van der Waals surface area contributed by atoms with Gasteiger partial charge in [-0.15, -0.1) is 0 Å². The van der Waals surface area contributed by atoms with Crippen molar-refractivity contribution in [2.45, 2.75) is 43.7 Å². The van der Waals surface area contributed by atoms with Crippen LogP contribution in [-0.4, -0.2) is 77.5 Å². The van der Waals surface area contributed by atoms with Crippen LogP contribution in [-0.2, 0) is 4.79 Å². The quantitative estimate of drug-likeness (QED) is 0.795. The maximum absolute atomic E-state index is 12.7. The molecule has 3 heterocycles. The van der Waals surface area contributed by atoms with Crippen LogP contribution >= 0.6 is 0 Å². The van der Waals surface area contributed by atoms with Crippen molar-refractivity contribution >= 4 is 11.9 Å². The molecule has 120 valence electrons. The first-order chi connectivity index (χ1) is 10.6. The van der Waals surface area contributed by atoms with Crippen LogP contribution in [0.15, 0.2) is 0 Å². The van der Waals surface area contributed by atoms with Gasteiger partial charge >= 0.3 is 6.03 Å². The van der Waals surface area contributed by atoms with Gasteiger partial charge in [0.15, 0.2) is 0 Å². The zero-order valence-electron chi connectivity index (χ0n) is 13.0. The van der Waals surface area contributed by atoms with Crippen LogP contribution < -0.4 is 5.32 Å². The van der Waals surface area contributed by atoms with E-state index in [-0.39, 0.29) is 17.0 Å². The number of likely N-dealkylation sites (tertiary alicyclic amines) is 1. The Morgan fingerprint density at radius 1 is 1.14 bits per heavy atom. The van der Waals surface area contributed by atoms with Gasteiger partial charge in [0, 0.05) is 44.8 Å². The molecule has 3 saturated carbocycles. The Bertz CT molecular complexity index is 522. The SMILES string of the molecule is O=C1N2CCNC[C@H]2CN1C12CC(C(=O)N3CCCC3)(C1)C2. The molecule has 0 unspecified atom stereocenters. The minimum atomic E-state index is -0.105. The van der Waals surface area contributed by atoms with Crippen molar-refractivity contribution in [2.24, 2.45) is 5.41 Å². The van der Waals surface area contributed by atoms with E-state index in [1.54, 1.807) is 0 Å². The molecule has 3 amide bonds. The van der Waals surface area contributed by atoms with Crippen molar-refractivity contribution in [3.05, 3.63) is 0 Å². The summed E-state index contributed by atoms with van der Waals surface area (Å²) in [5.41, 5.74) is -0.0875. The molecule has 0 aromatic heterocycles. The summed E-state index contributed by atoms with van der Waals surface area (Å²) in [6.45, 7) is 5.37. The summed E-state index contributed by atoms with van der Waals surface area (Å²) in [5, 5.41) is 3.38. The van der Waals surface area contributed by atoms with Crippen LogP contribution in [0.2, 0.25) is 0 Å². The minimum absolute atomic E-state index is 0.0177. The monoisotopic (exact) mass is 304 g/mol. The van der Waals surface area contributed by atoms with Crippen molar-refractivity contribution < 1.29 is 9.59 Å². The molecular weight excluding hydrogens is 280 g/mol. The summed E-state index contributed by atoms with van der Waals surface area (Å²) >= 11 is 0. The summed E-state index contributed by atoms with van der Waals surface area (Å²) in [6.07, 6.45) is 5.04. The van der Waals surface area contributed by atoms with E-state index in [9.17, 15) is 9.59 Å². The van der Waals surface area contributed by atoms with Crippen LogP contribution in [0.5, 0.6) is 0 Å². The molecule has 1 atom stereocenters. The van der Waals surface area contributed by atoms with Crippen LogP contribution in [0.1, 0.15) is 32.1 Å². The molecule has 0 aromatic carbocycles. The van der Waals surface area contributed by atoms with Crippen LogP contribution in [0.4, 0.5) is 4.79 Å². The molecule has 1 N–H and O–H groups in total. The highest BCUT2D eigenvalue weighted by Gasteiger charge is 2.76. The summed E-state index contributed by atoms with van der Waals surface area (Å²) in [6, 6.07) is 0.550. The van der Waals surface area contributed by atoms with Gasteiger partial charge in [0.25, 0.3) is 0 Å². The normalized spacial score (nSPS) is 43.0. The first-order valence-corrected chi connectivity index (χ1v) is 8.72. The number of nitrogens with zero attached hydrogens (tertiary/aromatic N) is 3. The summed E-state index contributed by atoms with van der Waals surface area (Å²) in [7, 11) is 0. The Morgan fingerprint density at radius 2 is 1.86 bits per heavy atom. The van der Waals surface area contributed by atoms with E-state index in [1.165, 1.54) is 0 Å². The summed E-state index contributed by atoms with van der Waals surface area (Å²) in [4.78, 5) is 31.5. The average Bonchev–Trinajstić information content (AvgIpc) is 3.06. The molecule has 0 radical (unpaired) electrons. The maximum Gasteiger partial charge on any atom is 0.320 e. The number of hydrogen-bond acceptors (Lipinski definition) is 3. The van der Waals surface area contributed by atoms with Crippen molar-refractivity contribution in [2.75, 3.05) is 39.3 Å². The highest BCUT2D eigenvalue weighted by atomic mass is 16.2. The van der Waals surface area contributed by atoms with Gasteiger partial charge in [-0.2, -0.15) is 0 Å². The summed E-state index contributed by atoms with van der Waals surface area (Å²) in [5.74, 6) is 0.373. The van der Waals surface area contributed by atoms with Gasteiger partial charge in [-0.05, 0) is 32.1 Å². The van der Waals surface area contributed by atoms with E-state index in [1.807, 2.05) is 4.90 Å². The number of carbonyl (C=O) groups is 2. The molecular formula is C16H24N4O2. The largest absolute Gasteiger partial charge is 0.342 e. The molecule has 6 fully saturated rings. The second-order valence-electron chi connectivity index (χ2n) is 7.98. The van der Waals surface area contributed by atoms with Crippen molar-refractivity contribution in [1.29, 1.82) is 0 Å². The predicted octanol–water partition coefficient (Wildman–Crippen LogP) is 0.241. The van der Waals surface area contributed by atoms with E-state index >= 15 is 0 Å². The van der Waals surface area contributed by atoms with Crippen LogP contribution in [0.25, 0.3) is 0 Å². The van der Waals surface area contributed by atoms with E-state index < -0.39 is 0 Å². The molecule has 3 saturated heterocycles. The predicted molar refractivity (Wildman–Crippen MR) is 80.3 cm³/mol. The second kappa shape index (κ2) is 4.16. The zero-order chi connectivity index (χ0) is 14.9. The lowest BCUT2D eigenvalue weighted by Crippen LogP contribution is -2.78. The van der Waals surface area contributed by atoms with Crippen molar-refractivity contribution in [1.82, 2.24) is 20.0 Å². The van der Waals surface area contributed by atoms with Gasteiger partial charge in [-0.1, -0.05) is 0 Å². The first kappa shape index (κ1) is 13.2. The fraction of sp³-hybridized carbons (Fsp3) is 0.875. The van der Waals surface area contributed by atoms with Crippen LogP contribution in [0.3, 0.4) is 0 Å². The number of piperazine rings is 1. The van der Waals surface area contributed by atoms with Gasteiger partial charge in [0.1, 0.15) is 0 Å². The number of amides is 3. The second-order valence-corrected chi connectivity index (χ2v) is 7.98. The first-order valence-electron chi connectivity index (χ1n) is 8.72. The number of rotatable bonds is 2. The highest BCUT2D eigenvalue weighted by Crippen LogP contribution is 2.71. The third-order valence-electron chi connectivity index (χ3n) is 6.64. The van der Waals surface area contributed by atoms with Gasteiger partial charge in [-0.25, -0.2) is 4.79 Å². The van der Waals surface area contributed by atoms with E-state index in [2.05, 4.69) is 15.1 Å². The lowest BCUT2D eigenvalue weighted by atomic mass is 9.38. The average molecular weight is 304 g/mol. The number of fused-ring (bicyclic) bond motifs is 1. The molecule has 0 spiro atoms. The number of nitrogens with one attached hydrogen (secondary N) is 1. The minimum Gasteiger partial charge on any atom is -0.342 e. The van der Waals surface area contributed by atoms with Gasteiger partial charge in [0.2, 0.25) is 5.91 Å².